The van der Waals surface area contributed by atoms with Gasteiger partial charge in [-0.25, -0.2) is 0 Å². The molecule has 1 aromatic carbocycles. The molecule has 0 saturated heterocycles. The van der Waals surface area contributed by atoms with Crippen LogP contribution in [0.5, 0.6) is 0 Å². The summed E-state index contributed by atoms with van der Waals surface area (Å²) in [6.07, 6.45) is 7.98. The first-order valence-corrected chi connectivity index (χ1v) is 7.78. The van der Waals surface area contributed by atoms with Crippen molar-refractivity contribution in [3.63, 3.8) is 0 Å². The summed E-state index contributed by atoms with van der Waals surface area (Å²) in [5.74, 6) is 0.562. The van der Waals surface area contributed by atoms with Crippen LogP contribution in [0.2, 0.25) is 0 Å². The summed E-state index contributed by atoms with van der Waals surface area (Å²) in [6, 6.07) is 7.42. The first-order valence-electron chi connectivity index (χ1n) is 7.78. The van der Waals surface area contributed by atoms with Gasteiger partial charge < -0.3 is 10.5 Å². The van der Waals surface area contributed by atoms with E-state index in [4.69, 9.17) is 5.21 Å². The summed E-state index contributed by atoms with van der Waals surface area (Å²) >= 11 is 0. The first-order chi connectivity index (χ1) is 10.2. The van der Waals surface area contributed by atoms with E-state index in [2.05, 4.69) is 10.5 Å². The van der Waals surface area contributed by atoms with E-state index in [1.165, 1.54) is 25.7 Å². The molecular formula is C17H24N2O2. The minimum absolute atomic E-state index is 0.0556. The molecule has 1 aliphatic carbocycles. The summed E-state index contributed by atoms with van der Waals surface area (Å²) in [5.41, 5.74) is 1.97. The Morgan fingerprint density at radius 3 is 2.57 bits per heavy atom. The summed E-state index contributed by atoms with van der Waals surface area (Å²) < 4.78 is 0. The second kappa shape index (κ2) is 7.81. The monoisotopic (exact) mass is 288 g/mol. The van der Waals surface area contributed by atoms with Crippen LogP contribution in [0.3, 0.4) is 0 Å². The van der Waals surface area contributed by atoms with Crippen LogP contribution in [-0.4, -0.2) is 16.8 Å². The Balaban J connectivity index is 1.99. The molecule has 21 heavy (non-hydrogen) atoms. The van der Waals surface area contributed by atoms with Gasteiger partial charge in [-0.15, -0.1) is 0 Å². The lowest BCUT2D eigenvalue weighted by Crippen LogP contribution is -2.18. The highest BCUT2D eigenvalue weighted by atomic mass is 16.4. The third-order valence-corrected chi connectivity index (χ3v) is 4.19. The van der Waals surface area contributed by atoms with Gasteiger partial charge in [0.1, 0.15) is 0 Å². The molecule has 114 valence electrons. The summed E-state index contributed by atoms with van der Waals surface area (Å²) in [7, 11) is 0. The van der Waals surface area contributed by atoms with Gasteiger partial charge in [-0.1, -0.05) is 49.0 Å². The van der Waals surface area contributed by atoms with Gasteiger partial charge in [-0.05, 0) is 31.7 Å². The van der Waals surface area contributed by atoms with Crippen molar-refractivity contribution in [1.82, 2.24) is 0 Å². The number of nitrogens with one attached hydrogen (secondary N) is 1. The van der Waals surface area contributed by atoms with Crippen molar-refractivity contribution < 1.29 is 10.0 Å². The third kappa shape index (κ3) is 4.59. The topological polar surface area (TPSA) is 61.7 Å². The van der Waals surface area contributed by atoms with Gasteiger partial charge in [0.05, 0.1) is 5.71 Å². The highest BCUT2D eigenvalue weighted by Gasteiger charge is 2.17. The van der Waals surface area contributed by atoms with Crippen molar-refractivity contribution >= 4 is 17.3 Å². The summed E-state index contributed by atoms with van der Waals surface area (Å²) in [4.78, 5) is 12.2. The lowest BCUT2D eigenvalue weighted by Gasteiger charge is -2.15. The van der Waals surface area contributed by atoms with Crippen LogP contribution in [-0.2, 0) is 4.79 Å². The Labute approximate surface area is 126 Å². The summed E-state index contributed by atoms with van der Waals surface area (Å²) in [5, 5.41) is 15.1. The molecular weight excluding hydrogens is 264 g/mol. The molecule has 1 saturated carbocycles. The van der Waals surface area contributed by atoms with Crippen LogP contribution < -0.4 is 5.32 Å². The van der Waals surface area contributed by atoms with E-state index >= 15 is 0 Å². The third-order valence-electron chi connectivity index (χ3n) is 4.19. The lowest BCUT2D eigenvalue weighted by molar-refractivity contribution is -0.117. The van der Waals surface area contributed by atoms with E-state index in [9.17, 15) is 4.79 Å². The van der Waals surface area contributed by atoms with Gasteiger partial charge in [0.25, 0.3) is 0 Å². The Kier molecular flexibility index (Phi) is 5.78. The van der Waals surface area contributed by atoms with Crippen molar-refractivity contribution in [1.29, 1.82) is 0 Å². The van der Waals surface area contributed by atoms with Crippen molar-refractivity contribution in [2.45, 2.75) is 51.9 Å². The second-order valence-electron chi connectivity index (χ2n) is 5.84. The fourth-order valence-electron chi connectivity index (χ4n) is 2.99. The number of para-hydroxylation sites is 1. The van der Waals surface area contributed by atoms with Gasteiger partial charge >= 0.3 is 0 Å². The maximum Gasteiger partial charge on any atom is 0.224 e. The van der Waals surface area contributed by atoms with Gasteiger partial charge in [0.2, 0.25) is 5.91 Å². The van der Waals surface area contributed by atoms with Gasteiger partial charge in [0, 0.05) is 17.7 Å². The van der Waals surface area contributed by atoms with Gasteiger partial charge in [0.15, 0.2) is 0 Å². The number of carbonyl (C=O) groups is 1. The van der Waals surface area contributed by atoms with E-state index in [-0.39, 0.29) is 5.91 Å². The predicted octanol–water partition coefficient (Wildman–Crippen LogP) is 4.18. The van der Waals surface area contributed by atoms with E-state index < -0.39 is 0 Å². The average molecular weight is 288 g/mol. The largest absolute Gasteiger partial charge is 0.411 e. The zero-order valence-corrected chi connectivity index (χ0v) is 12.6. The van der Waals surface area contributed by atoms with Crippen molar-refractivity contribution in [2.75, 3.05) is 5.32 Å². The lowest BCUT2D eigenvalue weighted by atomic mass is 9.96. The van der Waals surface area contributed by atoms with E-state index in [1.807, 2.05) is 24.3 Å². The zero-order valence-electron chi connectivity index (χ0n) is 12.6. The number of rotatable bonds is 4. The fraction of sp³-hybridized carbons (Fsp3) is 0.529. The molecule has 2 rings (SSSR count). The van der Waals surface area contributed by atoms with Crippen LogP contribution >= 0.6 is 0 Å². The molecule has 4 nitrogen and oxygen atoms in total. The smallest absolute Gasteiger partial charge is 0.224 e. The van der Waals surface area contributed by atoms with E-state index in [0.29, 0.717) is 23.7 Å². The van der Waals surface area contributed by atoms with Crippen molar-refractivity contribution in [3.05, 3.63) is 29.8 Å². The molecule has 0 spiro atoms. The maximum atomic E-state index is 12.2. The number of nitrogens with zero attached hydrogens (tertiary/aromatic N) is 1. The molecule has 4 heteroatoms. The Bertz CT molecular complexity index is 503. The highest BCUT2D eigenvalue weighted by molar-refractivity contribution is 6.06. The standard InChI is InChI=1S/C17H24N2O2/c1-13(19-21)15-10-6-7-11-16(15)18-17(20)12-14-8-4-2-3-5-9-14/h6-7,10-11,14,21H,2-5,8-9,12H2,1H3,(H,18,20)/b19-13-. The molecule has 0 radical (unpaired) electrons. The molecule has 0 heterocycles. The minimum atomic E-state index is 0.0556. The molecule has 0 bridgehead atoms. The highest BCUT2D eigenvalue weighted by Crippen LogP contribution is 2.26. The molecule has 1 fully saturated rings. The molecule has 1 aliphatic rings. The average Bonchev–Trinajstić information content (AvgIpc) is 2.75. The van der Waals surface area contributed by atoms with E-state index in [0.717, 1.165) is 18.4 Å². The predicted molar refractivity (Wildman–Crippen MR) is 84.9 cm³/mol. The number of hydrogen-bond donors (Lipinski definition) is 2. The number of oxime groups is 1. The van der Waals surface area contributed by atoms with Crippen LogP contribution in [0, 0.1) is 5.92 Å². The molecule has 1 aromatic rings. The zero-order chi connectivity index (χ0) is 15.1. The Morgan fingerprint density at radius 2 is 1.90 bits per heavy atom. The van der Waals surface area contributed by atoms with Gasteiger partial charge in [-0.2, -0.15) is 0 Å². The van der Waals surface area contributed by atoms with Crippen LogP contribution in [0.15, 0.2) is 29.4 Å². The van der Waals surface area contributed by atoms with Crippen molar-refractivity contribution in [2.24, 2.45) is 11.1 Å². The molecule has 0 aromatic heterocycles. The molecule has 2 N–H and O–H groups in total. The number of benzene rings is 1. The molecule has 0 atom stereocenters. The quantitative estimate of drug-likeness (QED) is 0.378. The number of anilines is 1. The van der Waals surface area contributed by atoms with Crippen LogP contribution in [0.1, 0.15) is 57.4 Å². The first kappa shape index (κ1) is 15.5. The molecule has 0 unspecified atom stereocenters. The van der Waals surface area contributed by atoms with Crippen LogP contribution in [0.4, 0.5) is 5.69 Å². The minimum Gasteiger partial charge on any atom is -0.411 e. The summed E-state index contributed by atoms with van der Waals surface area (Å²) in [6.45, 7) is 1.72. The number of carbonyl (C=O) groups excluding carboxylic acids is 1. The Morgan fingerprint density at radius 1 is 1.24 bits per heavy atom. The van der Waals surface area contributed by atoms with E-state index in [1.54, 1.807) is 6.92 Å². The fourth-order valence-corrected chi connectivity index (χ4v) is 2.99. The molecule has 1 amide bonds. The number of amides is 1. The normalized spacial score (nSPS) is 17.3. The maximum absolute atomic E-state index is 12.2. The SMILES string of the molecule is C/C(=N/O)c1ccccc1NC(=O)CC1CCCCCC1. The van der Waals surface area contributed by atoms with Crippen LogP contribution in [0.25, 0.3) is 0 Å². The second-order valence-corrected chi connectivity index (χ2v) is 5.84. The number of hydrogen-bond acceptors (Lipinski definition) is 3. The Hall–Kier alpha value is -1.84. The molecule has 0 aliphatic heterocycles. The van der Waals surface area contributed by atoms with Crippen molar-refractivity contribution in [3.8, 4) is 0 Å². The van der Waals surface area contributed by atoms with Gasteiger partial charge in [-0.3, -0.25) is 4.79 Å².